The summed E-state index contributed by atoms with van der Waals surface area (Å²) in [7, 11) is 1.80. The van der Waals surface area contributed by atoms with Crippen LogP contribution in [0.3, 0.4) is 0 Å². The van der Waals surface area contributed by atoms with Gasteiger partial charge in [-0.1, -0.05) is 13.3 Å². The van der Waals surface area contributed by atoms with Crippen LogP contribution in [-0.2, 0) is 11.8 Å². The van der Waals surface area contributed by atoms with Gasteiger partial charge in [-0.25, -0.2) is 0 Å². The third-order valence-corrected chi connectivity index (χ3v) is 2.38. The van der Waals surface area contributed by atoms with Crippen molar-refractivity contribution in [3.63, 3.8) is 0 Å². The van der Waals surface area contributed by atoms with E-state index in [1.807, 2.05) is 13.0 Å². The van der Waals surface area contributed by atoms with Crippen LogP contribution in [0.2, 0.25) is 0 Å². The molecular formula is C11H20N4O. The quantitative estimate of drug-likeness (QED) is 0.789. The topological polar surface area (TPSA) is 72.9 Å². The molecule has 0 aliphatic heterocycles. The summed E-state index contributed by atoms with van der Waals surface area (Å²) >= 11 is 0. The van der Waals surface area contributed by atoms with Crippen molar-refractivity contribution < 1.29 is 4.79 Å². The number of carbonyl (C=O) groups excluding carboxylic acids is 1. The second-order valence-corrected chi connectivity index (χ2v) is 4.10. The van der Waals surface area contributed by atoms with Gasteiger partial charge in [0.05, 0.1) is 5.69 Å². The van der Waals surface area contributed by atoms with Gasteiger partial charge in [-0.05, 0) is 13.3 Å². The molecule has 1 aromatic heterocycles. The molecule has 90 valence electrons. The monoisotopic (exact) mass is 224 g/mol. The first-order valence-corrected chi connectivity index (χ1v) is 5.59. The lowest BCUT2D eigenvalue weighted by Gasteiger charge is -2.10. The maximum atomic E-state index is 11.6. The highest BCUT2D eigenvalue weighted by atomic mass is 16.1. The van der Waals surface area contributed by atoms with Gasteiger partial charge >= 0.3 is 0 Å². The van der Waals surface area contributed by atoms with Crippen LogP contribution in [0.5, 0.6) is 0 Å². The second-order valence-electron chi connectivity index (χ2n) is 4.10. The molecule has 0 bridgehead atoms. The molecule has 0 aromatic carbocycles. The van der Waals surface area contributed by atoms with Gasteiger partial charge in [0.1, 0.15) is 5.82 Å². The number of hydrogen-bond acceptors (Lipinski definition) is 3. The van der Waals surface area contributed by atoms with Crippen LogP contribution >= 0.6 is 0 Å². The average molecular weight is 224 g/mol. The predicted molar refractivity (Wildman–Crippen MR) is 64.1 cm³/mol. The van der Waals surface area contributed by atoms with E-state index in [2.05, 4.69) is 17.3 Å². The molecule has 1 aromatic rings. The Morgan fingerprint density at radius 3 is 2.88 bits per heavy atom. The highest BCUT2D eigenvalue weighted by Gasteiger charge is 2.10. The molecule has 0 saturated carbocycles. The van der Waals surface area contributed by atoms with E-state index in [4.69, 9.17) is 5.73 Å². The van der Waals surface area contributed by atoms with E-state index in [1.54, 1.807) is 11.7 Å². The number of anilines is 1. The van der Waals surface area contributed by atoms with E-state index in [0.29, 0.717) is 12.2 Å². The van der Waals surface area contributed by atoms with Crippen LogP contribution in [0, 0.1) is 6.92 Å². The van der Waals surface area contributed by atoms with Crippen LogP contribution in [0.15, 0.2) is 6.07 Å². The van der Waals surface area contributed by atoms with Gasteiger partial charge in [-0.15, -0.1) is 0 Å². The van der Waals surface area contributed by atoms with E-state index in [1.165, 1.54) is 0 Å². The predicted octanol–water partition coefficient (Wildman–Crippen LogP) is 1.18. The maximum absolute atomic E-state index is 11.6. The molecule has 0 aliphatic carbocycles. The van der Waals surface area contributed by atoms with Gasteiger partial charge in [0.2, 0.25) is 5.91 Å². The third kappa shape index (κ3) is 3.66. The van der Waals surface area contributed by atoms with Crippen molar-refractivity contribution in [3.05, 3.63) is 11.8 Å². The summed E-state index contributed by atoms with van der Waals surface area (Å²) in [6.45, 7) is 3.95. The summed E-state index contributed by atoms with van der Waals surface area (Å²) < 4.78 is 1.65. The number of amides is 1. The Balaban J connectivity index is 2.48. The standard InChI is InChI=1S/C11H20N4O/c1-4-5-9(12)7-11(16)13-10-6-8(2)14-15(10)3/h6,9H,4-5,7,12H2,1-3H3,(H,13,16). The van der Waals surface area contributed by atoms with E-state index >= 15 is 0 Å². The third-order valence-electron chi connectivity index (χ3n) is 2.38. The Bertz CT molecular complexity index is 359. The second kappa shape index (κ2) is 5.65. The number of rotatable bonds is 5. The lowest BCUT2D eigenvalue weighted by atomic mass is 10.1. The molecule has 5 nitrogen and oxygen atoms in total. The zero-order valence-corrected chi connectivity index (χ0v) is 10.2. The normalized spacial score (nSPS) is 12.5. The Kier molecular flexibility index (Phi) is 4.49. The largest absolute Gasteiger partial charge is 0.327 e. The smallest absolute Gasteiger partial charge is 0.227 e. The first-order valence-electron chi connectivity index (χ1n) is 5.59. The minimum Gasteiger partial charge on any atom is -0.327 e. The molecule has 1 rings (SSSR count). The summed E-state index contributed by atoms with van der Waals surface area (Å²) in [6.07, 6.45) is 2.23. The van der Waals surface area contributed by atoms with Crippen molar-refractivity contribution >= 4 is 11.7 Å². The van der Waals surface area contributed by atoms with Crippen LogP contribution < -0.4 is 11.1 Å². The Labute approximate surface area is 96.0 Å². The van der Waals surface area contributed by atoms with Gasteiger partial charge in [0.25, 0.3) is 0 Å². The summed E-state index contributed by atoms with van der Waals surface area (Å²) in [4.78, 5) is 11.6. The van der Waals surface area contributed by atoms with E-state index in [-0.39, 0.29) is 11.9 Å². The highest BCUT2D eigenvalue weighted by molar-refractivity contribution is 5.90. The SMILES string of the molecule is CCCC(N)CC(=O)Nc1cc(C)nn1C. The number of nitrogens with one attached hydrogen (secondary N) is 1. The molecule has 5 heteroatoms. The van der Waals surface area contributed by atoms with Crippen LogP contribution in [-0.4, -0.2) is 21.7 Å². The van der Waals surface area contributed by atoms with Crippen molar-refractivity contribution in [2.45, 2.75) is 39.2 Å². The molecule has 0 radical (unpaired) electrons. The number of nitrogens with two attached hydrogens (primary N) is 1. The number of carbonyl (C=O) groups is 1. The lowest BCUT2D eigenvalue weighted by Crippen LogP contribution is -2.27. The summed E-state index contributed by atoms with van der Waals surface area (Å²) in [6, 6.07) is 1.78. The molecule has 1 unspecified atom stereocenters. The van der Waals surface area contributed by atoms with Gasteiger partial charge in [-0.3, -0.25) is 9.48 Å². The fourth-order valence-corrected chi connectivity index (χ4v) is 1.63. The van der Waals surface area contributed by atoms with Crippen molar-refractivity contribution in [2.75, 3.05) is 5.32 Å². The lowest BCUT2D eigenvalue weighted by molar-refractivity contribution is -0.116. The fourth-order valence-electron chi connectivity index (χ4n) is 1.63. The molecule has 3 N–H and O–H groups in total. The van der Waals surface area contributed by atoms with Crippen molar-refractivity contribution in [3.8, 4) is 0 Å². The Morgan fingerprint density at radius 1 is 1.69 bits per heavy atom. The fraction of sp³-hybridized carbons (Fsp3) is 0.636. The molecule has 1 amide bonds. The molecule has 0 fully saturated rings. The van der Waals surface area contributed by atoms with Crippen molar-refractivity contribution in [2.24, 2.45) is 12.8 Å². The van der Waals surface area contributed by atoms with Gasteiger partial charge in [0.15, 0.2) is 0 Å². The van der Waals surface area contributed by atoms with E-state index in [0.717, 1.165) is 18.5 Å². The maximum Gasteiger partial charge on any atom is 0.227 e. The van der Waals surface area contributed by atoms with E-state index < -0.39 is 0 Å². The zero-order chi connectivity index (χ0) is 12.1. The van der Waals surface area contributed by atoms with Gasteiger partial charge in [-0.2, -0.15) is 5.10 Å². The molecule has 0 spiro atoms. The Hall–Kier alpha value is -1.36. The minimum absolute atomic E-state index is 0.0519. The molecule has 1 heterocycles. The van der Waals surface area contributed by atoms with Gasteiger partial charge in [0, 0.05) is 25.6 Å². The van der Waals surface area contributed by atoms with E-state index in [9.17, 15) is 4.79 Å². The summed E-state index contributed by atoms with van der Waals surface area (Å²) in [5.74, 6) is 0.662. The molecule has 16 heavy (non-hydrogen) atoms. The molecular weight excluding hydrogens is 204 g/mol. The Morgan fingerprint density at radius 2 is 2.38 bits per heavy atom. The van der Waals surface area contributed by atoms with Crippen LogP contribution in [0.4, 0.5) is 5.82 Å². The number of nitrogens with zero attached hydrogens (tertiary/aromatic N) is 2. The zero-order valence-electron chi connectivity index (χ0n) is 10.2. The summed E-state index contributed by atoms with van der Waals surface area (Å²) in [5, 5.41) is 6.95. The number of aryl methyl sites for hydroxylation is 2. The average Bonchev–Trinajstić information content (AvgIpc) is 2.44. The van der Waals surface area contributed by atoms with Crippen molar-refractivity contribution in [1.29, 1.82) is 0 Å². The summed E-state index contributed by atoms with van der Waals surface area (Å²) in [5.41, 5.74) is 6.68. The van der Waals surface area contributed by atoms with Crippen molar-refractivity contribution in [1.82, 2.24) is 9.78 Å². The minimum atomic E-state index is -0.0562. The van der Waals surface area contributed by atoms with Crippen LogP contribution in [0.25, 0.3) is 0 Å². The van der Waals surface area contributed by atoms with Gasteiger partial charge < -0.3 is 11.1 Å². The number of hydrogen-bond donors (Lipinski definition) is 2. The highest BCUT2D eigenvalue weighted by Crippen LogP contribution is 2.09. The van der Waals surface area contributed by atoms with Crippen LogP contribution in [0.1, 0.15) is 31.9 Å². The molecule has 0 aliphatic rings. The first kappa shape index (κ1) is 12.7. The first-order chi connectivity index (χ1) is 7.52. The molecule has 0 saturated heterocycles. The molecule has 1 atom stereocenters. The number of aromatic nitrogens is 2.